The van der Waals surface area contributed by atoms with E-state index in [0.29, 0.717) is 16.9 Å². The highest BCUT2D eigenvalue weighted by atomic mass is 16.5. The lowest BCUT2D eigenvalue weighted by Crippen LogP contribution is -2.44. The quantitative estimate of drug-likeness (QED) is 0.839. The fourth-order valence-corrected chi connectivity index (χ4v) is 3.13. The zero-order valence-corrected chi connectivity index (χ0v) is 13.9. The smallest absolute Gasteiger partial charge is 0.259 e. The van der Waals surface area contributed by atoms with E-state index in [4.69, 9.17) is 4.74 Å². The molecule has 0 N–H and O–H groups in total. The van der Waals surface area contributed by atoms with E-state index in [9.17, 15) is 4.79 Å². The van der Waals surface area contributed by atoms with Gasteiger partial charge in [-0.1, -0.05) is 20.8 Å². The fourth-order valence-electron chi connectivity index (χ4n) is 3.13. The number of hydrogen-bond donors (Lipinski definition) is 0. The van der Waals surface area contributed by atoms with Gasteiger partial charge < -0.3 is 9.64 Å². The van der Waals surface area contributed by atoms with Crippen molar-refractivity contribution in [2.24, 2.45) is 5.41 Å². The van der Waals surface area contributed by atoms with Crippen LogP contribution >= 0.6 is 0 Å². The van der Waals surface area contributed by atoms with Crippen molar-refractivity contribution in [2.75, 3.05) is 26.7 Å². The van der Waals surface area contributed by atoms with Gasteiger partial charge in [0.05, 0.1) is 6.04 Å². The molecule has 5 nitrogen and oxygen atoms in total. The molecular weight excluding hydrogens is 278 g/mol. The van der Waals surface area contributed by atoms with E-state index in [1.54, 1.807) is 18.3 Å². The largest absolute Gasteiger partial charge is 0.470 e. The van der Waals surface area contributed by atoms with Crippen molar-refractivity contribution in [3.8, 4) is 5.88 Å². The molecule has 0 saturated carbocycles. The van der Waals surface area contributed by atoms with Crippen molar-refractivity contribution < 1.29 is 9.53 Å². The molecule has 2 atom stereocenters. The van der Waals surface area contributed by atoms with E-state index in [2.05, 4.69) is 30.7 Å². The van der Waals surface area contributed by atoms with Gasteiger partial charge in [0.2, 0.25) is 5.88 Å². The molecule has 3 rings (SSSR count). The molecule has 1 aromatic heterocycles. The van der Waals surface area contributed by atoms with Crippen molar-refractivity contribution in [1.82, 2.24) is 14.8 Å². The summed E-state index contributed by atoms with van der Waals surface area (Å²) in [5.41, 5.74) is 0.891. The Bertz CT molecular complexity index is 567. The number of pyridine rings is 1. The number of rotatable bonds is 2. The summed E-state index contributed by atoms with van der Waals surface area (Å²) in [6.07, 6.45) is 2.82. The molecule has 3 heterocycles. The van der Waals surface area contributed by atoms with Gasteiger partial charge in [-0.25, -0.2) is 4.98 Å². The number of carbonyl (C=O) groups is 1. The maximum atomic E-state index is 12.6. The lowest BCUT2D eigenvalue weighted by molar-refractivity contribution is 0.0680. The van der Waals surface area contributed by atoms with E-state index < -0.39 is 0 Å². The summed E-state index contributed by atoms with van der Waals surface area (Å²) in [5.74, 6) is 0.484. The minimum atomic E-state index is 0.00469. The summed E-state index contributed by atoms with van der Waals surface area (Å²) < 4.78 is 6.07. The van der Waals surface area contributed by atoms with Crippen LogP contribution in [0.4, 0.5) is 0 Å². The summed E-state index contributed by atoms with van der Waals surface area (Å²) in [7, 11) is 1.87. The highest BCUT2D eigenvalue weighted by molar-refractivity contribution is 5.96. The van der Waals surface area contributed by atoms with Gasteiger partial charge in [-0.2, -0.15) is 0 Å². The Balaban J connectivity index is 1.76. The standard InChI is InChI=1S/C17H25N3O2/c1-17(2,3)7-9-20-10-13-14(11-20)22-15-12(6-5-8-18-15)16(21)19(13)4/h5-6,8,13-14H,7,9-11H2,1-4H3/t13-,14+/m1/s1. The number of hydrogen-bond acceptors (Lipinski definition) is 4. The molecule has 120 valence electrons. The number of likely N-dealkylation sites (tertiary alicyclic amines) is 1. The Kier molecular flexibility index (Phi) is 3.85. The maximum Gasteiger partial charge on any atom is 0.259 e. The zero-order chi connectivity index (χ0) is 15.9. The third-order valence-corrected chi connectivity index (χ3v) is 4.57. The van der Waals surface area contributed by atoms with Crippen LogP contribution in [0.2, 0.25) is 0 Å². The third kappa shape index (κ3) is 2.95. The summed E-state index contributed by atoms with van der Waals surface area (Å²) in [6, 6.07) is 3.67. The second-order valence-electron chi connectivity index (χ2n) is 7.57. The Hall–Kier alpha value is -1.62. The van der Waals surface area contributed by atoms with Crippen LogP contribution in [-0.2, 0) is 0 Å². The van der Waals surface area contributed by atoms with E-state index in [1.807, 2.05) is 11.9 Å². The van der Waals surface area contributed by atoms with Gasteiger partial charge in [0, 0.05) is 26.3 Å². The lowest BCUT2D eigenvalue weighted by atomic mass is 9.92. The van der Waals surface area contributed by atoms with Gasteiger partial charge >= 0.3 is 0 Å². The van der Waals surface area contributed by atoms with Crippen LogP contribution in [0, 0.1) is 5.41 Å². The number of amides is 1. The minimum Gasteiger partial charge on any atom is -0.470 e. The van der Waals surface area contributed by atoms with Crippen molar-refractivity contribution >= 4 is 5.91 Å². The number of aromatic nitrogens is 1. The van der Waals surface area contributed by atoms with Crippen LogP contribution in [0.15, 0.2) is 18.3 Å². The topological polar surface area (TPSA) is 45.7 Å². The predicted molar refractivity (Wildman–Crippen MR) is 85.0 cm³/mol. The first-order valence-corrected chi connectivity index (χ1v) is 7.96. The SMILES string of the molecule is CN1C(=O)c2cccnc2O[C@H]2CN(CCC(C)(C)C)C[C@H]21. The van der Waals surface area contributed by atoms with Gasteiger partial charge in [0.15, 0.2) is 0 Å². The zero-order valence-electron chi connectivity index (χ0n) is 13.9. The molecule has 0 unspecified atom stereocenters. The molecule has 0 radical (unpaired) electrons. The number of nitrogens with zero attached hydrogens (tertiary/aromatic N) is 3. The highest BCUT2D eigenvalue weighted by Gasteiger charge is 2.42. The van der Waals surface area contributed by atoms with Crippen molar-refractivity contribution in [2.45, 2.75) is 39.3 Å². The molecule has 5 heteroatoms. The minimum absolute atomic E-state index is 0.00469. The average Bonchev–Trinajstić information content (AvgIpc) is 2.83. The summed E-state index contributed by atoms with van der Waals surface area (Å²) in [4.78, 5) is 21.1. The molecule has 0 bridgehead atoms. The van der Waals surface area contributed by atoms with Crippen LogP contribution in [0.1, 0.15) is 37.6 Å². The van der Waals surface area contributed by atoms with Crippen molar-refractivity contribution in [3.63, 3.8) is 0 Å². The molecule has 1 aromatic rings. The Morgan fingerprint density at radius 1 is 1.36 bits per heavy atom. The van der Waals surface area contributed by atoms with E-state index in [0.717, 1.165) is 26.1 Å². The molecule has 22 heavy (non-hydrogen) atoms. The number of ether oxygens (including phenoxy) is 1. The van der Waals surface area contributed by atoms with Gasteiger partial charge in [-0.05, 0) is 30.5 Å². The van der Waals surface area contributed by atoms with Crippen molar-refractivity contribution in [1.29, 1.82) is 0 Å². The van der Waals surface area contributed by atoms with Crippen LogP contribution < -0.4 is 4.74 Å². The molecule has 1 amide bonds. The molecule has 2 aliphatic heterocycles. The fraction of sp³-hybridized carbons (Fsp3) is 0.647. The first-order chi connectivity index (χ1) is 10.3. The monoisotopic (exact) mass is 303 g/mol. The normalized spacial score (nSPS) is 25.5. The first-order valence-electron chi connectivity index (χ1n) is 7.96. The second kappa shape index (κ2) is 5.54. The van der Waals surface area contributed by atoms with Crippen molar-refractivity contribution in [3.05, 3.63) is 23.9 Å². The molecule has 0 aromatic carbocycles. The summed E-state index contributed by atoms with van der Waals surface area (Å²) >= 11 is 0. The van der Waals surface area contributed by atoms with E-state index >= 15 is 0 Å². The molecule has 0 aliphatic carbocycles. The Morgan fingerprint density at radius 2 is 2.14 bits per heavy atom. The van der Waals surface area contributed by atoms with Gasteiger partial charge in [-0.3, -0.25) is 9.69 Å². The number of likely N-dealkylation sites (N-methyl/N-ethyl adjacent to an activating group) is 1. The van der Waals surface area contributed by atoms with Gasteiger partial charge in [-0.15, -0.1) is 0 Å². The molecule has 2 aliphatic rings. The van der Waals surface area contributed by atoms with E-state index in [1.165, 1.54) is 0 Å². The maximum absolute atomic E-state index is 12.6. The van der Waals surface area contributed by atoms with Crippen LogP contribution in [-0.4, -0.2) is 59.5 Å². The molecule has 0 spiro atoms. The number of fused-ring (bicyclic) bond motifs is 2. The molecule has 1 saturated heterocycles. The highest BCUT2D eigenvalue weighted by Crippen LogP contribution is 2.29. The second-order valence-corrected chi connectivity index (χ2v) is 7.57. The molecular formula is C17H25N3O2. The van der Waals surface area contributed by atoms with E-state index in [-0.39, 0.29) is 18.1 Å². The summed E-state index contributed by atoms with van der Waals surface area (Å²) in [6.45, 7) is 9.54. The third-order valence-electron chi connectivity index (χ3n) is 4.57. The Labute approximate surface area is 132 Å². The number of carbonyl (C=O) groups excluding carboxylic acids is 1. The predicted octanol–water partition coefficient (Wildman–Crippen LogP) is 2.04. The van der Waals surface area contributed by atoms with Crippen LogP contribution in [0.5, 0.6) is 5.88 Å². The van der Waals surface area contributed by atoms with Crippen LogP contribution in [0.25, 0.3) is 0 Å². The lowest BCUT2D eigenvalue weighted by Gasteiger charge is -2.25. The average molecular weight is 303 g/mol. The van der Waals surface area contributed by atoms with Crippen LogP contribution in [0.3, 0.4) is 0 Å². The summed E-state index contributed by atoms with van der Waals surface area (Å²) in [5, 5.41) is 0. The first kappa shape index (κ1) is 15.3. The molecule has 1 fully saturated rings. The van der Waals surface area contributed by atoms with Gasteiger partial charge in [0.25, 0.3) is 5.91 Å². The Morgan fingerprint density at radius 3 is 2.86 bits per heavy atom. The van der Waals surface area contributed by atoms with Gasteiger partial charge in [0.1, 0.15) is 11.7 Å².